The summed E-state index contributed by atoms with van der Waals surface area (Å²) >= 11 is 0. The van der Waals surface area contributed by atoms with Crippen LogP contribution in [0.4, 0.5) is 5.69 Å². The number of amides is 1. The largest absolute Gasteiger partial charge is 0.478 e. The van der Waals surface area contributed by atoms with Crippen molar-refractivity contribution in [1.82, 2.24) is 0 Å². The average molecular weight is 406 g/mol. The predicted molar refractivity (Wildman–Crippen MR) is 119 cm³/mol. The number of para-hydroxylation sites is 1. The van der Waals surface area contributed by atoms with Crippen LogP contribution in [0.25, 0.3) is 0 Å². The van der Waals surface area contributed by atoms with E-state index in [0.717, 1.165) is 31.2 Å². The second-order valence-electron chi connectivity index (χ2n) is 8.82. The Labute approximate surface area is 178 Å². The summed E-state index contributed by atoms with van der Waals surface area (Å²) in [5.74, 6) is -0.338. The number of carbonyl (C=O) groups is 2. The van der Waals surface area contributed by atoms with Crippen LogP contribution in [-0.4, -0.2) is 17.0 Å². The normalized spacial score (nSPS) is 18.1. The van der Waals surface area contributed by atoms with Crippen molar-refractivity contribution in [2.75, 3.05) is 5.32 Å². The molecule has 0 spiro atoms. The third-order valence-electron chi connectivity index (χ3n) is 6.86. The van der Waals surface area contributed by atoms with E-state index in [2.05, 4.69) is 17.4 Å². The fraction of sp³-hybridized carbons (Fsp3) is 0.462. The smallest absolute Gasteiger partial charge is 0.337 e. The number of hydrogen-bond acceptors (Lipinski definition) is 2. The van der Waals surface area contributed by atoms with Crippen LogP contribution in [0.5, 0.6) is 0 Å². The van der Waals surface area contributed by atoms with Crippen molar-refractivity contribution in [2.24, 2.45) is 0 Å². The number of rotatable bonds is 5. The maximum Gasteiger partial charge on any atom is 0.337 e. The van der Waals surface area contributed by atoms with Gasteiger partial charge >= 0.3 is 5.97 Å². The standard InChI is InChI=1S/C26H31NO3/c28-25(21-16-14-19(15-17-21)18-8-3-1-4-9-18)27-24-22(20-10-5-2-6-11-20)12-7-13-23(24)26(29)30/h7,12-18,20H,1-6,8-11H2,(H,27,28)(H,29,30). The first-order valence-corrected chi connectivity index (χ1v) is 11.4. The number of nitrogens with one attached hydrogen (secondary N) is 1. The van der Waals surface area contributed by atoms with Crippen molar-refractivity contribution in [2.45, 2.75) is 76.0 Å². The molecule has 0 unspecified atom stereocenters. The summed E-state index contributed by atoms with van der Waals surface area (Å²) < 4.78 is 0. The molecule has 2 saturated carbocycles. The molecular weight excluding hydrogens is 374 g/mol. The Morgan fingerprint density at radius 1 is 0.767 bits per heavy atom. The maximum absolute atomic E-state index is 13.0. The number of benzene rings is 2. The van der Waals surface area contributed by atoms with E-state index in [-0.39, 0.29) is 11.5 Å². The van der Waals surface area contributed by atoms with Gasteiger partial charge in [-0.15, -0.1) is 0 Å². The van der Waals surface area contributed by atoms with E-state index in [9.17, 15) is 14.7 Å². The molecule has 2 fully saturated rings. The molecule has 0 aliphatic heterocycles. The topological polar surface area (TPSA) is 66.4 Å². The first kappa shape index (κ1) is 20.6. The first-order chi connectivity index (χ1) is 14.6. The molecule has 0 radical (unpaired) electrons. The van der Waals surface area contributed by atoms with Gasteiger partial charge in [0.05, 0.1) is 11.3 Å². The van der Waals surface area contributed by atoms with Crippen molar-refractivity contribution >= 4 is 17.6 Å². The molecule has 0 heterocycles. The number of carboxylic acids is 1. The van der Waals surface area contributed by atoms with Crippen LogP contribution < -0.4 is 5.32 Å². The van der Waals surface area contributed by atoms with Crippen LogP contribution >= 0.6 is 0 Å². The lowest BCUT2D eigenvalue weighted by Gasteiger charge is -2.25. The van der Waals surface area contributed by atoms with E-state index in [1.807, 2.05) is 18.2 Å². The van der Waals surface area contributed by atoms with Crippen LogP contribution in [0.3, 0.4) is 0 Å². The van der Waals surface area contributed by atoms with Gasteiger partial charge in [0, 0.05) is 5.56 Å². The summed E-state index contributed by atoms with van der Waals surface area (Å²) in [6, 6.07) is 13.2. The molecule has 4 rings (SSSR count). The van der Waals surface area contributed by atoms with Crippen molar-refractivity contribution in [1.29, 1.82) is 0 Å². The quantitative estimate of drug-likeness (QED) is 0.579. The summed E-state index contributed by atoms with van der Waals surface area (Å²) in [5.41, 5.74) is 3.48. The van der Waals surface area contributed by atoms with Gasteiger partial charge in [-0.25, -0.2) is 4.79 Å². The minimum absolute atomic E-state index is 0.172. The van der Waals surface area contributed by atoms with E-state index >= 15 is 0 Å². The van der Waals surface area contributed by atoms with E-state index in [1.54, 1.807) is 12.1 Å². The van der Waals surface area contributed by atoms with Gasteiger partial charge in [-0.1, -0.05) is 62.8 Å². The highest BCUT2D eigenvalue weighted by Gasteiger charge is 2.24. The Kier molecular flexibility index (Phi) is 6.51. The summed E-state index contributed by atoms with van der Waals surface area (Å²) in [6.45, 7) is 0. The van der Waals surface area contributed by atoms with Crippen LogP contribution in [-0.2, 0) is 0 Å². The zero-order valence-corrected chi connectivity index (χ0v) is 17.5. The van der Waals surface area contributed by atoms with Gasteiger partial charge in [0.25, 0.3) is 5.91 Å². The van der Waals surface area contributed by atoms with Crippen molar-refractivity contribution in [3.05, 3.63) is 64.7 Å². The predicted octanol–water partition coefficient (Wildman–Crippen LogP) is 6.73. The highest BCUT2D eigenvalue weighted by Crippen LogP contribution is 2.38. The Bertz CT molecular complexity index is 891. The first-order valence-electron chi connectivity index (χ1n) is 11.4. The Hall–Kier alpha value is -2.62. The molecule has 2 aromatic carbocycles. The molecule has 2 aromatic rings. The van der Waals surface area contributed by atoms with E-state index in [1.165, 1.54) is 44.1 Å². The number of carbonyl (C=O) groups excluding carboxylic acids is 1. The molecule has 0 saturated heterocycles. The minimum atomic E-state index is -1.00. The Morgan fingerprint density at radius 3 is 1.97 bits per heavy atom. The van der Waals surface area contributed by atoms with Gasteiger partial charge in [-0.3, -0.25) is 4.79 Å². The molecule has 158 valence electrons. The van der Waals surface area contributed by atoms with Crippen molar-refractivity contribution in [3.63, 3.8) is 0 Å². The van der Waals surface area contributed by atoms with Crippen LogP contribution in [0, 0.1) is 0 Å². The lowest BCUT2D eigenvalue weighted by atomic mass is 9.82. The molecule has 0 atom stereocenters. The van der Waals surface area contributed by atoms with Crippen LogP contribution in [0.1, 0.15) is 108 Å². The monoisotopic (exact) mass is 405 g/mol. The van der Waals surface area contributed by atoms with Gasteiger partial charge in [0.15, 0.2) is 0 Å². The summed E-state index contributed by atoms with van der Waals surface area (Å²) in [5, 5.41) is 12.7. The van der Waals surface area contributed by atoms with Gasteiger partial charge in [0.1, 0.15) is 0 Å². The molecule has 0 aromatic heterocycles. The molecule has 2 aliphatic rings. The third-order valence-corrected chi connectivity index (χ3v) is 6.86. The SMILES string of the molecule is O=C(Nc1c(C(=O)O)cccc1C1CCCCC1)c1ccc(C2CCCCC2)cc1. The highest BCUT2D eigenvalue weighted by molar-refractivity contribution is 6.08. The minimum Gasteiger partial charge on any atom is -0.478 e. The number of carboxylic acid groups (broad SMARTS) is 1. The second-order valence-corrected chi connectivity index (χ2v) is 8.82. The molecule has 30 heavy (non-hydrogen) atoms. The van der Waals surface area contributed by atoms with E-state index < -0.39 is 5.97 Å². The molecule has 4 heteroatoms. The van der Waals surface area contributed by atoms with Crippen molar-refractivity contribution < 1.29 is 14.7 Å². The van der Waals surface area contributed by atoms with Crippen LogP contribution in [0.2, 0.25) is 0 Å². The van der Waals surface area contributed by atoms with E-state index in [0.29, 0.717) is 23.1 Å². The Morgan fingerprint density at radius 2 is 1.37 bits per heavy atom. The number of aromatic carboxylic acids is 1. The maximum atomic E-state index is 13.0. The Balaban J connectivity index is 1.56. The fourth-order valence-corrected chi connectivity index (χ4v) is 5.17. The third kappa shape index (κ3) is 4.58. The van der Waals surface area contributed by atoms with Crippen molar-refractivity contribution in [3.8, 4) is 0 Å². The van der Waals surface area contributed by atoms with Gasteiger partial charge in [-0.05, 0) is 66.8 Å². The number of anilines is 1. The zero-order chi connectivity index (χ0) is 20.9. The average Bonchev–Trinajstić information content (AvgIpc) is 2.80. The molecule has 1 amide bonds. The van der Waals surface area contributed by atoms with E-state index in [4.69, 9.17) is 0 Å². The van der Waals surface area contributed by atoms with Gasteiger partial charge in [0.2, 0.25) is 0 Å². The molecule has 2 aliphatic carbocycles. The molecule has 2 N–H and O–H groups in total. The van der Waals surface area contributed by atoms with Gasteiger partial charge in [-0.2, -0.15) is 0 Å². The zero-order valence-electron chi connectivity index (χ0n) is 17.5. The molecule has 0 bridgehead atoms. The highest BCUT2D eigenvalue weighted by atomic mass is 16.4. The summed E-state index contributed by atoms with van der Waals surface area (Å²) in [6.07, 6.45) is 11.9. The van der Waals surface area contributed by atoms with Gasteiger partial charge < -0.3 is 10.4 Å². The summed E-state index contributed by atoms with van der Waals surface area (Å²) in [7, 11) is 0. The molecule has 4 nitrogen and oxygen atoms in total. The fourth-order valence-electron chi connectivity index (χ4n) is 5.17. The lowest BCUT2D eigenvalue weighted by molar-refractivity contribution is 0.0698. The number of hydrogen-bond donors (Lipinski definition) is 2. The van der Waals surface area contributed by atoms with Crippen LogP contribution in [0.15, 0.2) is 42.5 Å². The second kappa shape index (κ2) is 9.46. The summed E-state index contributed by atoms with van der Waals surface area (Å²) in [4.78, 5) is 24.9. The molecular formula is C26H31NO3. The lowest BCUT2D eigenvalue weighted by Crippen LogP contribution is -2.18.